The van der Waals surface area contributed by atoms with Gasteiger partial charge in [0.15, 0.2) is 0 Å². The lowest BCUT2D eigenvalue weighted by Crippen LogP contribution is -2.37. The molecule has 1 fully saturated rings. The Morgan fingerprint density at radius 2 is 2.53 bits per heavy atom. The maximum absolute atomic E-state index is 13.1. The summed E-state index contributed by atoms with van der Waals surface area (Å²) < 4.78 is 17.9. The van der Waals surface area contributed by atoms with E-state index < -0.39 is 12.2 Å². The van der Waals surface area contributed by atoms with Crippen LogP contribution in [-0.2, 0) is 0 Å². The number of halogens is 1. The second kappa shape index (κ2) is 4.02. The molecule has 1 aliphatic rings. The first-order chi connectivity index (χ1) is 7.22. The molecule has 0 aliphatic carbocycles. The molecule has 0 aromatic carbocycles. The topological polar surface area (TPSA) is 53.7 Å². The fraction of sp³-hybridized carbons (Fsp3) is 0.500. The summed E-state index contributed by atoms with van der Waals surface area (Å²) >= 11 is 0. The average molecular weight is 213 g/mol. The molecule has 1 saturated heterocycles. The van der Waals surface area contributed by atoms with Gasteiger partial charge in [0.2, 0.25) is 0 Å². The van der Waals surface area contributed by atoms with Crippen molar-refractivity contribution in [3.8, 4) is 0 Å². The highest BCUT2D eigenvalue weighted by atomic mass is 19.1. The number of furan rings is 1. The molecule has 2 rings (SSSR count). The fourth-order valence-corrected chi connectivity index (χ4v) is 1.83. The summed E-state index contributed by atoms with van der Waals surface area (Å²) in [6.07, 6.45) is 1.88. The van der Waals surface area contributed by atoms with E-state index in [9.17, 15) is 9.18 Å². The van der Waals surface area contributed by atoms with Gasteiger partial charge in [0.25, 0.3) is 5.91 Å². The predicted molar refractivity (Wildman–Crippen MR) is 50.1 cm³/mol. The lowest BCUT2D eigenvalue weighted by atomic mass is 10.2. The lowest BCUT2D eigenvalue weighted by Gasteiger charge is -2.21. The first-order valence-corrected chi connectivity index (χ1v) is 4.80. The van der Waals surface area contributed by atoms with Gasteiger partial charge in [0.05, 0.1) is 31.0 Å². The van der Waals surface area contributed by atoms with E-state index in [0.717, 1.165) is 0 Å². The normalized spacial score (nSPS) is 25.9. The Balaban J connectivity index is 2.13. The maximum Gasteiger partial charge on any atom is 0.257 e. The Morgan fingerprint density at radius 1 is 1.73 bits per heavy atom. The van der Waals surface area contributed by atoms with Crippen molar-refractivity contribution in [1.29, 1.82) is 0 Å². The van der Waals surface area contributed by atoms with Crippen LogP contribution in [-0.4, -0.2) is 41.3 Å². The van der Waals surface area contributed by atoms with Gasteiger partial charge in [0.1, 0.15) is 12.4 Å². The third-order valence-electron chi connectivity index (χ3n) is 2.60. The summed E-state index contributed by atoms with van der Waals surface area (Å²) in [4.78, 5) is 13.2. The molecule has 0 radical (unpaired) electrons. The van der Waals surface area contributed by atoms with E-state index in [4.69, 9.17) is 9.52 Å². The number of nitrogens with zero attached hydrogens (tertiary/aromatic N) is 1. The molecule has 5 heteroatoms. The Morgan fingerprint density at radius 3 is 3.13 bits per heavy atom. The van der Waals surface area contributed by atoms with Crippen LogP contribution in [0, 0.1) is 0 Å². The number of aliphatic hydroxyl groups excluding tert-OH is 1. The highest BCUT2D eigenvalue weighted by Crippen LogP contribution is 2.22. The Labute approximate surface area is 86.3 Å². The van der Waals surface area contributed by atoms with Crippen molar-refractivity contribution in [2.75, 3.05) is 13.2 Å². The van der Waals surface area contributed by atoms with E-state index in [1.807, 2.05) is 0 Å². The van der Waals surface area contributed by atoms with E-state index in [-0.39, 0.29) is 25.5 Å². The number of likely N-dealkylation sites (tertiary alicyclic amines) is 1. The van der Waals surface area contributed by atoms with Crippen LogP contribution >= 0.6 is 0 Å². The molecular weight excluding hydrogens is 201 g/mol. The molecule has 0 unspecified atom stereocenters. The smallest absolute Gasteiger partial charge is 0.257 e. The van der Waals surface area contributed by atoms with Crippen LogP contribution in [0.25, 0.3) is 0 Å². The van der Waals surface area contributed by atoms with E-state index >= 15 is 0 Å². The second-order valence-corrected chi connectivity index (χ2v) is 3.64. The number of amides is 1. The summed E-state index contributed by atoms with van der Waals surface area (Å²) in [5.74, 6) is -0.289. The van der Waals surface area contributed by atoms with E-state index in [1.165, 1.54) is 23.5 Å². The van der Waals surface area contributed by atoms with Gasteiger partial charge in [-0.1, -0.05) is 0 Å². The highest BCUT2D eigenvalue weighted by molar-refractivity contribution is 5.94. The van der Waals surface area contributed by atoms with E-state index in [0.29, 0.717) is 5.56 Å². The molecule has 1 amide bonds. The van der Waals surface area contributed by atoms with Gasteiger partial charge >= 0.3 is 0 Å². The predicted octanol–water partition coefficient (Wildman–Crippen LogP) is 0.825. The van der Waals surface area contributed by atoms with Crippen molar-refractivity contribution in [3.05, 3.63) is 24.2 Å². The molecule has 0 spiro atoms. The third-order valence-corrected chi connectivity index (χ3v) is 2.60. The summed E-state index contributed by atoms with van der Waals surface area (Å²) in [7, 11) is 0. The third kappa shape index (κ3) is 1.87. The zero-order valence-corrected chi connectivity index (χ0v) is 8.10. The molecule has 15 heavy (non-hydrogen) atoms. The van der Waals surface area contributed by atoms with Crippen molar-refractivity contribution in [2.24, 2.45) is 0 Å². The second-order valence-electron chi connectivity index (χ2n) is 3.64. The molecular formula is C10H12FNO3. The summed E-state index contributed by atoms with van der Waals surface area (Å²) in [5.41, 5.74) is 0.391. The van der Waals surface area contributed by atoms with Crippen molar-refractivity contribution < 1.29 is 18.7 Å². The number of carbonyl (C=O) groups is 1. The quantitative estimate of drug-likeness (QED) is 0.791. The van der Waals surface area contributed by atoms with Crippen molar-refractivity contribution in [3.63, 3.8) is 0 Å². The standard InChI is InChI=1S/C10H12FNO3/c11-8-3-9(5-13)12(4-8)10(14)7-1-2-15-6-7/h1-2,6,8-9,13H,3-5H2/t8-,9-/m0/s1. The molecule has 82 valence electrons. The SMILES string of the molecule is O=C(c1ccoc1)N1C[C@@H](F)C[C@H]1CO. The fourth-order valence-electron chi connectivity index (χ4n) is 1.83. The van der Waals surface area contributed by atoms with Crippen LogP contribution in [0.3, 0.4) is 0 Å². The van der Waals surface area contributed by atoms with Gasteiger partial charge in [-0.15, -0.1) is 0 Å². The summed E-state index contributed by atoms with van der Waals surface area (Å²) in [6, 6.07) is 1.12. The molecule has 1 aromatic heterocycles. The average Bonchev–Trinajstić information content (AvgIpc) is 2.84. The zero-order chi connectivity index (χ0) is 10.8. The summed E-state index contributed by atoms with van der Waals surface area (Å²) in [5, 5.41) is 9.02. The molecule has 0 saturated carbocycles. The van der Waals surface area contributed by atoms with Crippen LogP contribution < -0.4 is 0 Å². The Bertz CT molecular complexity index is 338. The van der Waals surface area contributed by atoms with Gasteiger partial charge in [-0.3, -0.25) is 4.79 Å². The van der Waals surface area contributed by atoms with Gasteiger partial charge in [-0.2, -0.15) is 0 Å². The Kier molecular flexibility index (Phi) is 2.73. The lowest BCUT2D eigenvalue weighted by molar-refractivity contribution is 0.0672. The Hall–Kier alpha value is -1.36. The van der Waals surface area contributed by atoms with Gasteiger partial charge in [-0.25, -0.2) is 4.39 Å². The van der Waals surface area contributed by atoms with Gasteiger partial charge in [-0.05, 0) is 6.07 Å². The van der Waals surface area contributed by atoms with E-state index in [1.54, 1.807) is 0 Å². The first-order valence-electron chi connectivity index (χ1n) is 4.80. The van der Waals surface area contributed by atoms with E-state index in [2.05, 4.69) is 0 Å². The van der Waals surface area contributed by atoms with Crippen molar-refractivity contribution in [1.82, 2.24) is 4.90 Å². The first kappa shape index (κ1) is 10.2. The molecule has 2 heterocycles. The molecule has 1 aliphatic heterocycles. The number of rotatable bonds is 2. The van der Waals surface area contributed by atoms with Crippen molar-refractivity contribution >= 4 is 5.91 Å². The molecule has 2 atom stereocenters. The minimum Gasteiger partial charge on any atom is -0.472 e. The maximum atomic E-state index is 13.1. The minimum absolute atomic E-state index is 0.0508. The molecule has 4 nitrogen and oxygen atoms in total. The monoisotopic (exact) mass is 213 g/mol. The number of hydrogen-bond donors (Lipinski definition) is 1. The summed E-state index contributed by atoms with van der Waals surface area (Å²) in [6.45, 7) is -0.154. The minimum atomic E-state index is -1.04. The van der Waals surface area contributed by atoms with Crippen LogP contribution in [0.5, 0.6) is 0 Å². The van der Waals surface area contributed by atoms with Crippen molar-refractivity contribution in [2.45, 2.75) is 18.6 Å². The van der Waals surface area contributed by atoms with Crippen LogP contribution in [0.1, 0.15) is 16.8 Å². The highest BCUT2D eigenvalue weighted by Gasteiger charge is 2.35. The number of carbonyl (C=O) groups excluding carboxylic acids is 1. The molecule has 1 N–H and O–H groups in total. The largest absolute Gasteiger partial charge is 0.472 e. The van der Waals surface area contributed by atoms with Crippen LogP contribution in [0.15, 0.2) is 23.0 Å². The van der Waals surface area contributed by atoms with Crippen LogP contribution in [0.4, 0.5) is 4.39 Å². The zero-order valence-electron chi connectivity index (χ0n) is 8.10. The molecule has 0 bridgehead atoms. The number of hydrogen-bond acceptors (Lipinski definition) is 3. The van der Waals surface area contributed by atoms with Gasteiger partial charge < -0.3 is 14.4 Å². The number of aliphatic hydroxyl groups is 1. The van der Waals surface area contributed by atoms with Gasteiger partial charge in [0, 0.05) is 6.42 Å². The molecule has 1 aromatic rings. The number of alkyl halides is 1. The van der Waals surface area contributed by atoms with Crippen LogP contribution in [0.2, 0.25) is 0 Å².